The van der Waals surface area contributed by atoms with E-state index >= 15 is 0 Å². The van der Waals surface area contributed by atoms with Crippen LogP contribution in [0.25, 0.3) is 5.69 Å². The molecule has 0 bridgehead atoms. The van der Waals surface area contributed by atoms with E-state index in [1.807, 2.05) is 48.7 Å². The molecule has 2 aromatic rings. The molecule has 1 unspecified atom stereocenters. The first-order chi connectivity index (χ1) is 13.2. The Labute approximate surface area is 166 Å². The number of benzene rings is 1. The van der Waals surface area contributed by atoms with Crippen molar-refractivity contribution in [3.05, 3.63) is 47.3 Å². The van der Waals surface area contributed by atoms with E-state index in [9.17, 15) is 13.2 Å². The van der Waals surface area contributed by atoms with Crippen molar-refractivity contribution in [1.29, 1.82) is 0 Å². The van der Waals surface area contributed by atoms with Gasteiger partial charge >= 0.3 is 0 Å². The third-order valence-electron chi connectivity index (χ3n) is 5.18. The largest absolute Gasteiger partial charge is 0.497 e. The van der Waals surface area contributed by atoms with Crippen LogP contribution in [0.4, 0.5) is 0 Å². The van der Waals surface area contributed by atoms with Gasteiger partial charge in [-0.2, -0.15) is 0 Å². The lowest BCUT2D eigenvalue weighted by atomic mass is 10.1. The Balaban J connectivity index is 1.81. The van der Waals surface area contributed by atoms with E-state index in [0.29, 0.717) is 18.7 Å². The van der Waals surface area contributed by atoms with Gasteiger partial charge in [0.2, 0.25) is 10.0 Å². The zero-order chi connectivity index (χ0) is 20.5. The average molecular weight is 406 g/mol. The van der Waals surface area contributed by atoms with E-state index < -0.39 is 10.0 Å². The molecule has 1 aliphatic heterocycles. The highest BCUT2D eigenvalue weighted by Gasteiger charge is 2.28. The van der Waals surface area contributed by atoms with E-state index in [1.165, 1.54) is 10.6 Å². The fourth-order valence-corrected chi connectivity index (χ4v) is 4.68. The summed E-state index contributed by atoms with van der Waals surface area (Å²) in [5, 5.41) is 3.01. The lowest BCUT2D eigenvalue weighted by Crippen LogP contribution is -2.49. The number of carbonyl (C=O) groups excluding carboxylic acids is 1. The number of methoxy groups -OCH3 is 1. The highest BCUT2D eigenvalue weighted by atomic mass is 32.2. The lowest BCUT2D eigenvalue weighted by molar-refractivity contribution is 0.0921. The fourth-order valence-electron chi connectivity index (χ4n) is 3.76. The Kier molecular flexibility index (Phi) is 5.81. The van der Waals surface area contributed by atoms with Crippen LogP contribution in [0.5, 0.6) is 5.75 Å². The van der Waals surface area contributed by atoms with E-state index in [0.717, 1.165) is 35.7 Å². The van der Waals surface area contributed by atoms with Crippen LogP contribution in [-0.2, 0) is 10.0 Å². The molecule has 0 saturated carbocycles. The summed E-state index contributed by atoms with van der Waals surface area (Å²) in [6, 6.07) is 9.36. The third-order valence-corrected chi connectivity index (χ3v) is 6.45. The van der Waals surface area contributed by atoms with Gasteiger partial charge in [-0.3, -0.25) is 4.79 Å². The maximum absolute atomic E-state index is 12.9. The number of hydrogen-bond acceptors (Lipinski definition) is 4. The molecule has 152 valence electrons. The minimum absolute atomic E-state index is 0.178. The van der Waals surface area contributed by atoms with Crippen molar-refractivity contribution >= 4 is 15.9 Å². The molecular weight excluding hydrogens is 378 g/mol. The molecular formula is C20H27N3O4S. The smallest absolute Gasteiger partial charge is 0.253 e. The van der Waals surface area contributed by atoms with Crippen LogP contribution >= 0.6 is 0 Å². The molecule has 1 amide bonds. The lowest BCUT2D eigenvalue weighted by Gasteiger charge is -2.31. The maximum atomic E-state index is 12.9. The summed E-state index contributed by atoms with van der Waals surface area (Å²) in [6.07, 6.45) is 2.71. The second kappa shape index (κ2) is 7.97. The Morgan fingerprint density at radius 3 is 2.68 bits per heavy atom. The first-order valence-corrected chi connectivity index (χ1v) is 11.1. The van der Waals surface area contributed by atoms with Gasteiger partial charge in [0.1, 0.15) is 5.75 Å². The average Bonchev–Trinajstić information content (AvgIpc) is 2.95. The molecule has 1 aliphatic rings. The Morgan fingerprint density at radius 1 is 1.25 bits per heavy atom. The van der Waals surface area contributed by atoms with Gasteiger partial charge < -0.3 is 14.6 Å². The minimum Gasteiger partial charge on any atom is -0.497 e. The van der Waals surface area contributed by atoms with Crippen LogP contribution in [-0.4, -0.2) is 55.7 Å². The van der Waals surface area contributed by atoms with Crippen LogP contribution < -0.4 is 10.1 Å². The molecule has 1 atom stereocenters. The first-order valence-electron chi connectivity index (χ1n) is 9.30. The number of nitrogens with zero attached hydrogens (tertiary/aromatic N) is 2. The number of sulfonamides is 1. The normalized spacial score (nSPS) is 18.1. The number of amides is 1. The van der Waals surface area contributed by atoms with Crippen molar-refractivity contribution in [2.45, 2.75) is 32.7 Å². The van der Waals surface area contributed by atoms with E-state index in [-0.39, 0.29) is 11.9 Å². The molecule has 2 heterocycles. The number of nitrogens with one attached hydrogen (secondary N) is 1. The molecule has 0 aliphatic carbocycles. The van der Waals surface area contributed by atoms with E-state index in [4.69, 9.17) is 4.74 Å². The molecule has 1 fully saturated rings. The maximum Gasteiger partial charge on any atom is 0.253 e. The quantitative estimate of drug-likeness (QED) is 0.827. The fraction of sp³-hybridized carbons (Fsp3) is 0.450. The second-order valence-corrected chi connectivity index (χ2v) is 9.24. The summed E-state index contributed by atoms with van der Waals surface area (Å²) in [6.45, 7) is 4.69. The number of piperidine rings is 1. The van der Waals surface area contributed by atoms with Gasteiger partial charge in [-0.05, 0) is 44.9 Å². The van der Waals surface area contributed by atoms with Crippen LogP contribution in [0.3, 0.4) is 0 Å². The van der Waals surface area contributed by atoms with Gasteiger partial charge in [0.25, 0.3) is 5.91 Å². The molecule has 3 rings (SSSR count). The summed E-state index contributed by atoms with van der Waals surface area (Å²) in [4.78, 5) is 12.9. The molecule has 28 heavy (non-hydrogen) atoms. The SMILES string of the molecule is COc1cccc(-n2c(C)cc(C(=O)NC3CCCN(S(C)(=O)=O)C3)c2C)c1. The van der Waals surface area contributed by atoms with Crippen LogP contribution in [0.1, 0.15) is 34.6 Å². The first kappa shape index (κ1) is 20.4. The molecule has 1 aromatic carbocycles. The topological polar surface area (TPSA) is 80.6 Å². The highest BCUT2D eigenvalue weighted by molar-refractivity contribution is 7.88. The molecule has 1 aromatic heterocycles. The number of aromatic nitrogens is 1. The summed E-state index contributed by atoms with van der Waals surface area (Å²) in [7, 11) is -1.62. The Morgan fingerprint density at radius 2 is 2.00 bits per heavy atom. The predicted molar refractivity (Wildman–Crippen MR) is 109 cm³/mol. The number of hydrogen-bond donors (Lipinski definition) is 1. The Bertz CT molecular complexity index is 981. The molecule has 0 spiro atoms. The number of ether oxygens (including phenoxy) is 1. The monoisotopic (exact) mass is 405 g/mol. The zero-order valence-electron chi connectivity index (χ0n) is 16.7. The van der Waals surface area contributed by atoms with Gasteiger partial charge in [-0.1, -0.05) is 6.07 Å². The van der Waals surface area contributed by atoms with Crippen molar-refractivity contribution in [2.24, 2.45) is 0 Å². The number of carbonyl (C=O) groups is 1. The van der Waals surface area contributed by atoms with Gasteiger partial charge in [0, 0.05) is 42.3 Å². The standard InChI is InChI=1S/C20H27N3O4S/c1-14-11-19(15(2)23(14)17-8-5-9-18(12-17)27-3)20(24)21-16-7-6-10-22(13-16)28(4,25)26/h5,8-9,11-12,16H,6-7,10,13H2,1-4H3,(H,21,24). The summed E-state index contributed by atoms with van der Waals surface area (Å²) in [5.41, 5.74) is 3.29. The molecule has 8 heteroatoms. The van der Waals surface area contributed by atoms with Crippen molar-refractivity contribution in [1.82, 2.24) is 14.2 Å². The van der Waals surface area contributed by atoms with Crippen LogP contribution in [0.2, 0.25) is 0 Å². The molecule has 1 saturated heterocycles. The predicted octanol–water partition coefficient (Wildman–Crippen LogP) is 2.26. The summed E-state index contributed by atoms with van der Waals surface area (Å²) in [5.74, 6) is 0.571. The van der Waals surface area contributed by atoms with Crippen LogP contribution in [0, 0.1) is 13.8 Å². The van der Waals surface area contributed by atoms with Crippen molar-refractivity contribution in [3.8, 4) is 11.4 Å². The van der Waals surface area contributed by atoms with Gasteiger partial charge in [-0.15, -0.1) is 0 Å². The van der Waals surface area contributed by atoms with E-state index in [2.05, 4.69) is 5.32 Å². The third kappa shape index (κ3) is 4.23. The van der Waals surface area contributed by atoms with Crippen molar-refractivity contribution in [3.63, 3.8) is 0 Å². The zero-order valence-corrected chi connectivity index (χ0v) is 17.5. The van der Waals surface area contributed by atoms with Gasteiger partial charge in [0.05, 0.1) is 18.9 Å². The highest BCUT2D eigenvalue weighted by Crippen LogP contribution is 2.24. The molecule has 1 N–H and O–H groups in total. The number of rotatable bonds is 5. The van der Waals surface area contributed by atoms with E-state index in [1.54, 1.807) is 7.11 Å². The van der Waals surface area contributed by atoms with Crippen molar-refractivity contribution < 1.29 is 17.9 Å². The number of aryl methyl sites for hydroxylation is 1. The van der Waals surface area contributed by atoms with Crippen molar-refractivity contribution in [2.75, 3.05) is 26.5 Å². The molecule has 7 nitrogen and oxygen atoms in total. The molecule has 0 radical (unpaired) electrons. The second-order valence-electron chi connectivity index (χ2n) is 7.26. The van der Waals surface area contributed by atoms with Gasteiger partial charge in [0.15, 0.2) is 0 Å². The van der Waals surface area contributed by atoms with Crippen LogP contribution in [0.15, 0.2) is 30.3 Å². The Hall–Kier alpha value is -2.32. The summed E-state index contributed by atoms with van der Waals surface area (Å²) >= 11 is 0. The van der Waals surface area contributed by atoms with Gasteiger partial charge in [-0.25, -0.2) is 12.7 Å². The summed E-state index contributed by atoms with van der Waals surface area (Å²) < 4.78 is 32.3. The minimum atomic E-state index is -3.25.